The summed E-state index contributed by atoms with van der Waals surface area (Å²) in [6, 6.07) is 4.71. The third kappa shape index (κ3) is 6.40. The smallest absolute Gasteiger partial charge is 0.419 e. The van der Waals surface area contributed by atoms with Crippen LogP contribution in [0.1, 0.15) is 5.56 Å². The molecular formula is C17H21F3N2O5. The number of amides is 1. The number of ether oxygens (including phenoxy) is 2. The summed E-state index contributed by atoms with van der Waals surface area (Å²) < 4.78 is 49.5. The number of hydrogen-bond donors (Lipinski definition) is 1. The number of aliphatic carboxylic acids is 1. The number of hydrogen-bond acceptors (Lipinski definition) is 5. The molecule has 1 aliphatic rings. The van der Waals surface area contributed by atoms with Gasteiger partial charge in [-0.05, 0) is 19.2 Å². The monoisotopic (exact) mass is 390 g/mol. The SMILES string of the molecule is CN(CC(=O)O)CC1CN(C(=O)COc2ccccc2C(F)(F)F)CCO1. The molecule has 1 aromatic carbocycles. The molecule has 1 N–H and O–H groups in total. The average Bonchev–Trinajstić information content (AvgIpc) is 2.58. The van der Waals surface area contributed by atoms with Crippen LogP contribution in [0, 0.1) is 0 Å². The number of carbonyl (C=O) groups is 2. The molecule has 0 aliphatic carbocycles. The van der Waals surface area contributed by atoms with E-state index < -0.39 is 36.0 Å². The first kappa shape index (κ1) is 21.0. The molecule has 1 heterocycles. The number of para-hydroxylation sites is 1. The molecule has 1 aliphatic heterocycles. The summed E-state index contributed by atoms with van der Waals surface area (Å²) in [4.78, 5) is 26.0. The minimum absolute atomic E-state index is 0.162. The van der Waals surface area contributed by atoms with E-state index in [0.29, 0.717) is 13.1 Å². The number of carboxylic acids is 1. The fourth-order valence-electron chi connectivity index (χ4n) is 2.76. The standard InChI is InChI=1S/C17H21F3N2O5/c1-21(10-16(24)25)8-12-9-22(6-7-26-12)15(23)11-27-14-5-3-2-4-13(14)17(18,19)20/h2-5,12H,6-11H2,1H3,(H,24,25). The zero-order valence-corrected chi connectivity index (χ0v) is 14.7. The van der Waals surface area contributed by atoms with E-state index in [0.717, 1.165) is 6.07 Å². The van der Waals surface area contributed by atoms with E-state index in [1.807, 2.05) is 0 Å². The molecule has 0 bridgehead atoms. The van der Waals surface area contributed by atoms with Crippen LogP contribution in [-0.2, 0) is 20.5 Å². The second kappa shape index (κ2) is 9.05. The van der Waals surface area contributed by atoms with Gasteiger partial charge in [-0.25, -0.2) is 0 Å². The van der Waals surface area contributed by atoms with Gasteiger partial charge in [0.15, 0.2) is 6.61 Å². The lowest BCUT2D eigenvalue weighted by molar-refractivity contribution is -0.145. The summed E-state index contributed by atoms with van der Waals surface area (Å²) >= 11 is 0. The molecule has 1 atom stereocenters. The van der Waals surface area contributed by atoms with E-state index in [1.165, 1.54) is 23.1 Å². The molecule has 1 aromatic rings. The molecule has 150 valence electrons. The number of carboxylic acid groups (broad SMARTS) is 1. The van der Waals surface area contributed by atoms with Gasteiger partial charge in [0.05, 0.1) is 24.8 Å². The Morgan fingerprint density at radius 1 is 1.37 bits per heavy atom. The summed E-state index contributed by atoms with van der Waals surface area (Å²) in [6.45, 7) is 0.398. The van der Waals surface area contributed by atoms with Crippen molar-refractivity contribution in [2.75, 3.05) is 46.4 Å². The van der Waals surface area contributed by atoms with Crippen LogP contribution in [0.4, 0.5) is 13.2 Å². The van der Waals surface area contributed by atoms with Crippen molar-refractivity contribution in [2.24, 2.45) is 0 Å². The summed E-state index contributed by atoms with van der Waals surface area (Å²) in [7, 11) is 1.62. The average molecular weight is 390 g/mol. The second-order valence-electron chi connectivity index (χ2n) is 6.21. The minimum Gasteiger partial charge on any atom is -0.483 e. The minimum atomic E-state index is -4.57. The molecule has 1 fully saturated rings. The highest BCUT2D eigenvalue weighted by atomic mass is 19.4. The Balaban J connectivity index is 1.90. The molecular weight excluding hydrogens is 369 g/mol. The van der Waals surface area contributed by atoms with Crippen LogP contribution in [-0.4, -0.2) is 79.3 Å². The van der Waals surface area contributed by atoms with E-state index >= 15 is 0 Å². The molecule has 0 spiro atoms. The fourth-order valence-corrected chi connectivity index (χ4v) is 2.76. The molecule has 0 aromatic heterocycles. The highest BCUT2D eigenvalue weighted by molar-refractivity contribution is 5.78. The van der Waals surface area contributed by atoms with Gasteiger partial charge in [-0.1, -0.05) is 12.1 Å². The molecule has 0 saturated carbocycles. The Kier molecular flexibility index (Phi) is 7.03. The van der Waals surface area contributed by atoms with Crippen molar-refractivity contribution in [3.63, 3.8) is 0 Å². The van der Waals surface area contributed by atoms with Crippen molar-refractivity contribution in [3.8, 4) is 5.75 Å². The van der Waals surface area contributed by atoms with Crippen LogP contribution in [0.5, 0.6) is 5.75 Å². The van der Waals surface area contributed by atoms with Gasteiger partial charge in [0.25, 0.3) is 5.91 Å². The highest BCUT2D eigenvalue weighted by Crippen LogP contribution is 2.35. The van der Waals surface area contributed by atoms with Crippen molar-refractivity contribution >= 4 is 11.9 Å². The summed E-state index contributed by atoms with van der Waals surface area (Å²) in [5.74, 6) is -1.83. The van der Waals surface area contributed by atoms with Gasteiger partial charge >= 0.3 is 12.1 Å². The van der Waals surface area contributed by atoms with Gasteiger partial charge < -0.3 is 19.5 Å². The second-order valence-corrected chi connectivity index (χ2v) is 6.21. The number of morpholine rings is 1. The van der Waals surface area contributed by atoms with Gasteiger partial charge in [0.2, 0.25) is 0 Å². The maximum absolute atomic E-state index is 13.0. The maximum Gasteiger partial charge on any atom is 0.419 e. The van der Waals surface area contributed by atoms with E-state index in [2.05, 4.69) is 0 Å². The Morgan fingerprint density at radius 3 is 2.74 bits per heavy atom. The topological polar surface area (TPSA) is 79.3 Å². The molecule has 10 heteroatoms. The Morgan fingerprint density at radius 2 is 2.07 bits per heavy atom. The third-order valence-corrected chi connectivity index (χ3v) is 3.96. The summed E-state index contributed by atoms with van der Waals surface area (Å²) in [5.41, 5.74) is -0.937. The summed E-state index contributed by atoms with van der Waals surface area (Å²) in [6.07, 6.45) is -4.95. The lowest BCUT2D eigenvalue weighted by Crippen LogP contribution is -2.50. The molecule has 0 radical (unpaired) electrons. The lowest BCUT2D eigenvalue weighted by atomic mass is 10.2. The van der Waals surface area contributed by atoms with Gasteiger partial charge in [0, 0.05) is 19.6 Å². The van der Waals surface area contributed by atoms with Crippen LogP contribution in [0.2, 0.25) is 0 Å². The summed E-state index contributed by atoms with van der Waals surface area (Å²) in [5, 5.41) is 8.77. The molecule has 2 rings (SSSR count). The number of likely N-dealkylation sites (N-methyl/N-ethyl adjacent to an activating group) is 1. The fraction of sp³-hybridized carbons (Fsp3) is 0.529. The van der Waals surface area contributed by atoms with Crippen LogP contribution < -0.4 is 4.74 Å². The molecule has 1 saturated heterocycles. The Labute approximate surface area is 154 Å². The zero-order chi connectivity index (χ0) is 20.0. The van der Waals surface area contributed by atoms with E-state index in [4.69, 9.17) is 14.6 Å². The number of benzene rings is 1. The van der Waals surface area contributed by atoms with Crippen molar-refractivity contribution < 1.29 is 37.3 Å². The number of alkyl halides is 3. The Hall–Kier alpha value is -2.33. The van der Waals surface area contributed by atoms with E-state index in [1.54, 1.807) is 11.9 Å². The largest absolute Gasteiger partial charge is 0.483 e. The number of carbonyl (C=O) groups excluding carboxylic acids is 1. The van der Waals surface area contributed by atoms with Gasteiger partial charge in [-0.3, -0.25) is 14.5 Å². The van der Waals surface area contributed by atoms with Crippen molar-refractivity contribution in [1.82, 2.24) is 9.80 Å². The highest BCUT2D eigenvalue weighted by Gasteiger charge is 2.34. The predicted octanol–water partition coefficient (Wildman–Crippen LogP) is 1.33. The number of nitrogens with zero attached hydrogens (tertiary/aromatic N) is 2. The third-order valence-electron chi connectivity index (χ3n) is 3.96. The molecule has 1 unspecified atom stereocenters. The maximum atomic E-state index is 13.0. The first-order chi connectivity index (χ1) is 12.7. The number of rotatable bonds is 7. The van der Waals surface area contributed by atoms with Crippen LogP contribution in [0.25, 0.3) is 0 Å². The van der Waals surface area contributed by atoms with Crippen LogP contribution in [0.15, 0.2) is 24.3 Å². The zero-order valence-electron chi connectivity index (χ0n) is 14.7. The van der Waals surface area contributed by atoms with Crippen LogP contribution >= 0.6 is 0 Å². The molecule has 27 heavy (non-hydrogen) atoms. The van der Waals surface area contributed by atoms with Crippen LogP contribution in [0.3, 0.4) is 0 Å². The first-order valence-electron chi connectivity index (χ1n) is 8.25. The normalized spacial score (nSPS) is 17.8. The van der Waals surface area contributed by atoms with Gasteiger partial charge in [-0.2, -0.15) is 13.2 Å². The Bertz CT molecular complexity index is 668. The predicted molar refractivity (Wildman–Crippen MR) is 88.4 cm³/mol. The molecule has 1 amide bonds. The quantitative estimate of drug-likeness (QED) is 0.757. The van der Waals surface area contributed by atoms with E-state index in [-0.39, 0.29) is 25.8 Å². The van der Waals surface area contributed by atoms with Gasteiger partial charge in [-0.15, -0.1) is 0 Å². The lowest BCUT2D eigenvalue weighted by Gasteiger charge is -2.34. The van der Waals surface area contributed by atoms with Crippen molar-refractivity contribution in [2.45, 2.75) is 12.3 Å². The van der Waals surface area contributed by atoms with E-state index in [9.17, 15) is 22.8 Å². The number of halogens is 3. The molecule has 7 nitrogen and oxygen atoms in total. The van der Waals surface area contributed by atoms with Crippen molar-refractivity contribution in [1.29, 1.82) is 0 Å². The van der Waals surface area contributed by atoms with Gasteiger partial charge in [0.1, 0.15) is 5.75 Å². The first-order valence-corrected chi connectivity index (χ1v) is 8.25. The van der Waals surface area contributed by atoms with Crippen molar-refractivity contribution in [3.05, 3.63) is 29.8 Å².